The van der Waals surface area contributed by atoms with Gasteiger partial charge in [0.1, 0.15) is 12.2 Å². The molecular formula is C2H8O2PS+. The molecule has 0 aromatic carbocycles. The van der Waals surface area contributed by atoms with Gasteiger partial charge in [-0.1, -0.05) is 13.8 Å². The van der Waals surface area contributed by atoms with Gasteiger partial charge in [-0.15, -0.1) is 0 Å². The highest BCUT2D eigenvalue weighted by Gasteiger charge is 1.90. The van der Waals surface area contributed by atoms with E-state index in [1.165, 1.54) is 0 Å². The van der Waals surface area contributed by atoms with Crippen LogP contribution in [0.1, 0.15) is 13.8 Å². The summed E-state index contributed by atoms with van der Waals surface area (Å²) in [5.74, 6) is 0. The van der Waals surface area contributed by atoms with Gasteiger partial charge in [0.25, 0.3) is 0 Å². The number of thiol groups is 1. The van der Waals surface area contributed by atoms with Gasteiger partial charge in [-0.3, -0.25) is 0 Å². The molecule has 0 fully saturated rings. The van der Waals surface area contributed by atoms with Crippen LogP contribution in [0.3, 0.4) is 0 Å². The molecule has 2 nitrogen and oxygen atoms in total. The number of hydrogen-bond acceptors (Lipinski definition) is 1. The quantitative estimate of drug-likeness (QED) is 0.383. The van der Waals surface area contributed by atoms with Gasteiger partial charge in [-0.2, -0.15) is 4.89 Å². The average molecular weight is 127 g/mol. The van der Waals surface area contributed by atoms with E-state index in [-0.39, 0.29) is 0 Å². The van der Waals surface area contributed by atoms with Crippen LogP contribution in [-0.2, 0) is 4.57 Å². The third-order valence-electron chi connectivity index (χ3n) is 0. The molecule has 0 aliphatic carbocycles. The van der Waals surface area contributed by atoms with Crippen LogP contribution in [0.4, 0.5) is 0 Å². The molecule has 0 saturated carbocycles. The van der Waals surface area contributed by atoms with E-state index in [1.54, 1.807) is 0 Å². The van der Waals surface area contributed by atoms with E-state index in [1.807, 2.05) is 13.8 Å². The summed E-state index contributed by atoms with van der Waals surface area (Å²) in [4.78, 5) is 7.43. The highest BCUT2D eigenvalue weighted by molar-refractivity contribution is 8.38. The van der Waals surface area contributed by atoms with Crippen LogP contribution >= 0.6 is 19.5 Å². The Morgan fingerprint density at radius 2 is 1.67 bits per heavy atom. The predicted octanol–water partition coefficient (Wildman–Crippen LogP) is 1.59. The van der Waals surface area contributed by atoms with E-state index in [2.05, 4.69) is 12.2 Å². The van der Waals surface area contributed by atoms with Crippen molar-refractivity contribution in [1.29, 1.82) is 0 Å². The van der Waals surface area contributed by atoms with E-state index >= 15 is 0 Å². The van der Waals surface area contributed by atoms with Crippen molar-refractivity contribution in [3.05, 3.63) is 0 Å². The van der Waals surface area contributed by atoms with Crippen molar-refractivity contribution in [2.24, 2.45) is 0 Å². The van der Waals surface area contributed by atoms with Crippen LogP contribution in [-0.4, -0.2) is 4.89 Å². The van der Waals surface area contributed by atoms with Gasteiger partial charge in [0.15, 0.2) is 0 Å². The van der Waals surface area contributed by atoms with Crippen LogP contribution in [0.15, 0.2) is 0 Å². The Morgan fingerprint density at radius 1 is 1.67 bits per heavy atom. The normalized spacial score (nSPS) is 8.33. The lowest BCUT2D eigenvalue weighted by Crippen LogP contribution is -1.21. The smallest absolute Gasteiger partial charge is 0.151 e. The summed E-state index contributed by atoms with van der Waals surface area (Å²) in [5.41, 5.74) is 0. The molecule has 0 spiro atoms. The minimum Gasteiger partial charge on any atom is -0.151 e. The van der Waals surface area contributed by atoms with Crippen LogP contribution in [0.25, 0.3) is 0 Å². The second-order valence-electron chi connectivity index (χ2n) is 0.253. The zero-order valence-corrected chi connectivity index (χ0v) is 5.54. The lowest BCUT2D eigenvalue weighted by atomic mass is 11.0. The van der Waals surface area contributed by atoms with Crippen LogP contribution in [0.2, 0.25) is 0 Å². The average Bonchev–Trinajstić information content (AvgIpc) is 1.41. The van der Waals surface area contributed by atoms with Crippen molar-refractivity contribution in [1.82, 2.24) is 0 Å². The molecule has 0 aromatic heterocycles. The Morgan fingerprint density at radius 3 is 1.67 bits per heavy atom. The van der Waals surface area contributed by atoms with E-state index in [0.717, 1.165) is 0 Å². The van der Waals surface area contributed by atoms with Crippen molar-refractivity contribution < 1.29 is 9.46 Å². The van der Waals surface area contributed by atoms with Crippen molar-refractivity contribution in [2.45, 2.75) is 13.8 Å². The second kappa shape index (κ2) is 9.05. The van der Waals surface area contributed by atoms with Crippen LogP contribution < -0.4 is 0 Å². The SMILES string of the molecule is CC.O=[P+](O)S. The lowest BCUT2D eigenvalue weighted by molar-refractivity contribution is 0.520. The molecule has 0 aliphatic heterocycles. The fourth-order valence-corrected chi connectivity index (χ4v) is 0. The second-order valence-corrected chi connectivity index (χ2v) is 1.78. The molecule has 6 heavy (non-hydrogen) atoms. The fraction of sp³-hybridized carbons (Fsp3) is 1.00. The molecule has 0 aliphatic rings. The van der Waals surface area contributed by atoms with Gasteiger partial charge >= 0.3 is 7.23 Å². The topological polar surface area (TPSA) is 37.3 Å². The Bertz CT molecular complexity index is 34.5. The van der Waals surface area contributed by atoms with Gasteiger partial charge in [-0.25, -0.2) is 0 Å². The van der Waals surface area contributed by atoms with E-state index in [0.29, 0.717) is 0 Å². The summed E-state index contributed by atoms with van der Waals surface area (Å²) in [5, 5.41) is 0. The Balaban J connectivity index is 0. The highest BCUT2D eigenvalue weighted by atomic mass is 32.7. The molecule has 0 bridgehead atoms. The van der Waals surface area contributed by atoms with Gasteiger partial charge in [-0.05, 0) is 4.57 Å². The largest absolute Gasteiger partial charge is 0.579 e. The summed E-state index contributed by atoms with van der Waals surface area (Å²) in [7, 11) is -2.18. The molecule has 1 unspecified atom stereocenters. The van der Waals surface area contributed by atoms with Gasteiger partial charge in [0.2, 0.25) is 0 Å². The molecule has 1 N–H and O–H groups in total. The van der Waals surface area contributed by atoms with Crippen molar-refractivity contribution in [2.75, 3.05) is 0 Å². The molecule has 0 radical (unpaired) electrons. The molecule has 0 aromatic rings. The molecule has 0 amide bonds. The molecular weight excluding hydrogens is 119 g/mol. The molecule has 0 saturated heterocycles. The maximum absolute atomic E-state index is 9.01. The standard InChI is InChI=1S/C2H6.HO2PS/c1-2;1-3(2)4/h1-2H3;(H-,1,2,4)/p+1. The number of rotatable bonds is 0. The van der Waals surface area contributed by atoms with E-state index in [9.17, 15) is 0 Å². The van der Waals surface area contributed by atoms with Gasteiger partial charge < -0.3 is 0 Å². The number of hydrogen-bond donors (Lipinski definition) is 2. The third-order valence-corrected chi connectivity index (χ3v) is 0. The lowest BCUT2D eigenvalue weighted by Gasteiger charge is -1.33. The van der Waals surface area contributed by atoms with Crippen molar-refractivity contribution in [3.8, 4) is 0 Å². The van der Waals surface area contributed by atoms with Crippen LogP contribution in [0.5, 0.6) is 0 Å². The monoisotopic (exact) mass is 127 g/mol. The highest BCUT2D eigenvalue weighted by Crippen LogP contribution is 2.16. The maximum atomic E-state index is 9.01. The summed E-state index contributed by atoms with van der Waals surface area (Å²) in [6, 6.07) is 0. The first-order valence-corrected chi connectivity index (χ1v) is 3.95. The predicted molar refractivity (Wildman–Crippen MR) is 30.2 cm³/mol. The first-order chi connectivity index (χ1) is 2.73. The summed E-state index contributed by atoms with van der Waals surface area (Å²) < 4.78 is 9.01. The first kappa shape index (κ1) is 9.65. The Labute approximate surface area is 43.6 Å². The van der Waals surface area contributed by atoms with Gasteiger partial charge in [0, 0.05) is 0 Å². The minimum absolute atomic E-state index is 2.00. The Hall–Kier alpha value is 0.410. The molecule has 1 atom stereocenters. The molecule has 0 rings (SSSR count). The molecule has 4 heteroatoms. The van der Waals surface area contributed by atoms with E-state index in [4.69, 9.17) is 9.46 Å². The van der Waals surface area contributed by atoms with Crippen molar-refractivity contribution >= 4 is 19.5 Å². The zero-order chi connectivity index (χ0) is 5.58. The Kier molecular flexibility index (Phi) is 14.5. The summed E-state index contributed by atoms with van der Waals surface area (Å²) >= 11 is 3.03. The van der Waals surface area contributed by atoms with E-state index < -0.39 is 7.23 Å². The zero-order valence-electron chi connectivity index (χ0n) is 3.75. The molecule has 38 valence electrons. The third kappa shape index (κ3) is 305. The summed E-state index contributed by atoms with van der Waals surface area (Å²) in [6.07, 6.45) is 0. The van der Waals surface area contributed by atoms with Crippen LogP contribution in [0, 0.1) is 0 Å². The van der Waals surface area contributed by atoms with Crippen molar-refractivity contribution in [3.63, 3.8) is 0 Å². The summed E-state index contributed by atoms with van der Waals surface area (Å²) in [6.45, 7) is 4.00. The minimum atomic E-state index is -2.18. The fourth-order valence-electron chi connectivity index (χ4n) is 0. The first-order valence-electron chi connectivity index (χ1n) is 1.58. The van der Waals surface area contributed by atoms with Gasteiger partial charge in [0.05, 0.1) is 0 Å². The molecule has 0 heterocycles. The maximum Gasteiger partial charge on any atom is 0.579 e.